The van der Waals surface area contributed by atoms with Crippen LogP contribution in [0.5, 0.6) is 5.75 Å². The molecule has 3 N–H and O–H groups in total. The van der Waals surface area contributed by atoms with Crippen LogP contribution in [0, 0.1) is 0 Å². The third-order valence-electron chi connectivity index (χ3n) is 2.87. The predicted molar refractivity (Wildman–Crippen MR) is 83.2 cm³/mol. The van der Waals surface area contributed by atoms with Gasteiger partial charge in [-0.05, 0) is 44.4 Å². The van der Waals surface area contributed by atoms with E-state index < -0.39 is 0 Å². The molecular formula is C16H26N2O3. The molecule has 0 atom stereocenters. The van der Waals surface area contributed by atoms with E-state index in [-0.39, 0.29) is 18.6 Å². The number of carbonyl (C=O) groups excluding carboxylic acids is 1. The summed E-state index contributed by atoms with van der Waals surface area (Å²) in [5.74, 6) is 0.565. The molecule has 0 saturated heterocycles. The first kappa shape index (κ1) is 17.5. The zero-order valence-corrected chi connectivity index (χ0v) is 12.9. The Morgan fingerprint density at radius 1 is 1.24 bits per heavy atom. The summed E-state index contributed by atoms with van der Waals surface area (Å²) in [5.41, 5.74) is 6.55. The molecule has 0 unspecified atom stereocenters. The second-order valence-corrected chi connectivity index (χ2v) is 5.11. The van der Waals surface area contributed by atoms with Crippen LogP contribution in [0.2, 0.25) is 0 Å². The highest BCUT2D eigenvalue weighted by molar-refractivity contribution is 5.77. The lowest BCUT2D eigenvalue weighted by Gasteiger charge is -2.09. The van der Waals surface area contributed by atoms with E-state index in [0.717, 1.165) is 25.0 Å². The molecule has 1 rings (SSSR count). The summed E-state index contributed by atoms with van der Waals surface area (Å²) in [6, 6.07) is 7.42. The van der Waals surface area contributed by atoms with Gasteiger partial charge in [0.15, 0.2) is 6.61 Å². The Labute approximate surface area is 126 Å². The number of nitrogens with two attached hydrogens (primary N) is 1. The van der Waals surface area contributed by atoms with Crippen LogP contribution in [0.1, 0.15) is 32.3 Å². The minimum atomic E-state index is -0.109. The van der Waals surface area contributed by atoms with Crippen LogP contribution >= 0.6 is 0 Å². The minimum absolute atomic E-state index is 0.0322. The second-order valence-electron chi connectivity index (χ2n) is 5.11. The smallest absolute Gasteiger partial charge is 0.257 e. The molecule has 5 heteroatoms. The first-order valence-corrected chi connectivity index (χ1v) is 7.42. The fourth-order valence-corrected chi connectivity index (χ4v) is 1.70. The van der Waals surface area contributed by atoms with Gasteiger partial charge in [0.2, 0.25) is 0 Å². The molecule has 0 aliphatic heterocycles. The monoisotopic (exact) mass is 294 g/mol. The lowest BCUT2D eigenvalue weighted by atomic mass is 10.2. The number of unbranched alkanes of at least 4 members (excludes halogenated alkanes) is 1. The van der Waals surface area contributed by atoms with Gasteiger partial charge < -0.3 is 20.5 Å². The van der Waals surface area contributed by atoms with Crippen molar-refractivity contribution in [2.24, 2.45) is 5.73 Å². The maximum Gasteiger partial charge on any atom is 0.257 e. The van der Waals surface area contributed by atoms with Crippen LogP contribution in [-0.4, -0.2) is 31.8 Å². The number of amides is 1. The Balaban J connectivity index is 2.08. The van der Waals surface area contributed by atoms with E-state index >= 15 is 0 Å². The molecule has 0 radical (unpaired) electrons. The van der Waals surface area contributed by atoms with Crippen molar-refractivity contribution in [3.05, 3.63) is 29.8 Å². The fraction of sp³-hybridized carbons (Fsp3) is 0.562. The van der Waals surface area contributed by atoms with Gasteiger partial charge >= 0.3 is 0 Å². The molecule has 0 heterocycles. The maximum absolute atomic E-state index is 11.6. The van der Waals surface area contributed by atoms with Crippen molar-refractivity contribution in [3.63, 3.8) is 0 Å². The molecule has 0 saturated carbocycles. The van der Waals surface area contributed by atoms with Crippen LogP contribution in [-0.2, 0) is 16.1 Å². The topological polar surface area (TPSA) is 73.6 Å². The van der Waals surface area contributed by atoms with Gasteiger partial charge in [-0.25, -0.2) is 0 Å². The summed E-state index contributed by atoms with van der Waals surface area (Å²) in [7, 11) is 0. The summed E-state index contributed by atoms with van der Waals surface area (Å²) in [5, 5.41) is 2.82. The zero-order valence-electron chi connectivity index (χ0n) is 12.9. The quantitative estimate of drug-likeness (QED) is 0.646. The molecular weight excluding hydrogens is 268 g/mol. The van der Waals surface area contributed by atoms with Crippen LogP contribution in [0.15, 0.2) is 24.3 Å². The molecule has 1 amide bonds. The van der Waals surface area contributed by atoms with E-state index in [2.05, 4.69) is 5.32 Å². The van der Waals surface area contributed by atoms with E-state index in [1.165, 1.54) is 0 Å². The van der Waals surface area contributed by atoms with Gasteiger partial charge in [0.25, 0.3) is 5.91 Å². The summed E-state index contributed by atoms with van der Waals surface area (Å²) >= 11 is 0. The molecule has 0 spiro atoms. The molecule has 0 fully saturated rings. The molecule has 1 aromatic carbocycles. The summed E-state index contributed by atoms with van der Waals surface area (Å²) in [4.78, 5) is 11.6. The van der Waals surface area contributed by atoms with Gasteiger partial charge in [-0.2, -0.15) is 0 Å². The maximum atomic E-state index is 11.6. The number of ether oxygens (including phenoxy) is 2. The summed E-state index contributed by atoms with van der Waals surface area (Å²) in [6.45, 7) is 5.94. The molecule has 21 heavy (non-hydrogen) atoms. The predicted octanol–water partition coefficient (Wildman–Crippen LogP) is 1.85. The zero-order chi connectivity index (χ0) is 15.5. The van der Waals surface area contributed by atoms with Gasteiger partial charge in [-0.15, -0.1) is 0 Å². The van der Waals surface area contributed by atoms with Crippen molar-refractivity contribution in [1.82, 2.24) is 5.32 Å². The number of benzene rings is 1. The van der Waals surface area contributed by atoms with E-state index in [1.54, 1.807) is 0 Å². The van der Waals surface area contributed by atoms with Crippen molar-refractivity contribution in [2.45, 2.75) is 39.3 Å². The summed E-state index contributed by atoms with van der Waals surface area (Å²) < 4.78 is 10.8. The Kier molecular flexibility index (Phi) is 8.47. The highest BCUT2D eigenvalue weighted by atomic mass is 16.5. The standard InChI is InChI=1S/C16H26N2O3/c1-13(2)20-10-4-3-9-18-16(19)12-21-15-7-5-14(11-17)6-8-15/h5-8,13H,3-4,9-12,17H2,1-2H3,(H,18,19). The molecule has 0 aromatic heterocycles. The normalized spacial score (nSPS) is 10.7. The molecule has 118 valence electrons. The van der Waals surface area contributed by atoms with Crippen molar-refractivity contribution in [2.75, 3.05) is 19.8 Å². The third-order valence-corrected chi connectivity index (χ3v) is 2.87. The van der Waals surface area contributed by atoms with Gasteiger partial charge in [-0.1, -0.05) is 12.1 Å². The minimum Gasteiger partial charge on any atom is -0.484 e. The lowest BCUT2D eigenvalue weighted by Crippen LogP contribution is -2.29. The highest BCUT2D eigenvalue weighted by Gasteiger charge is 2.02. The van der Waals surface area contributed by atoms with Crippen LogP contribution in [0.4, 0.5) is 0 Å². The van der Waals surface area contributed by atoms with E-state index in [4.69, 9.17) is 15.2 Å². The van der Waals surface area contributed by atoms with Crippen LogP contribution in [0.3, 0.4) is 0 Å². The first-order chi connectivity index (χ1) is 10.1. The van der Waals surface area contributed by atoms with Crippen LogP contribution in [0.25, 0.3) is 0 Å². The fourth-order valence-electron chi connectivity index (χ4n) is 1.70. The Hall–Kier alpha value is -1.59. The number of nitrogens with one attached hydrogen (secondary N) is 1. The van der Waals surface area contributed by atoms with E-state index in [9.17, 15) is 4.79 Å². The van der Waals surface area contributed by atoms with E-state index in [1.807, 2.05) is 38.1 Å². The first-order valence-electron chi connectivity index (χ1n) is 7.42. The Morgan fingerprint density at radius 3 is 2.57 bits per heavy atom. The van der Waals surface area contributed by atoms with Gasteiger partial charge in [0.1, 0.15) is 5.75 Å². The molecule has 5 nitrogen and oxygen atoms in total. The van der Waals surface area contributed by atoms with Gasteiger partial charge in [0.05, 0.1) is 6.10 Å². The van der Waals surface area contributed by atoms with Crippen molar-refractivity contribution in [3.8, 4) is 5.75 Å². The molecule has 0 bridgehead atoms. The van der Waals surface area contributed by atoms with Gasteiger partial charge in [-0.3, -0.25) is 4.79 Å². The van der Waals surface area contributed by atoms with Crippen LogP contribution < -0.4 is 15.8 Å². The van der Waals surface area contributed by atoms with E-state index in [0.29, 0.717) is 18.8 Å². The Morgan fingerprint density at radius 2 is 1.95 bits per heavy atom. The molecule has 0 aliphatic carbocycles. The molecule has 0 aliphatic rings. The number of hydrogen-bond donors (Lipinski definition) is 2. The average molecular weight is 294 g/mol. The SMILES string of the molecule is CC(C)OCCCCNC(=O)COc1ccc(CN)cc1. The lowest BCUT2D eigenvalue weighted by molar-refractivity contribution is -0.123. The number of rotatable bonds is 10. The van der Waals surface area contributed by atoms with Crippen molar-refractivity contribution in [1.29, 1.82) is 0 Å². The number of hydrogen-bond acceptors (Lipinski definition) is 4. The number of carbonyl (C=O) groups is 1. The van der Waals surface area contributed by atoms with Crippen molar-refractivity contribution < 1.29 is 14.3 Å². The average Bonchev–Trinajstić information content (AvgIpc) is 2.49. The molecule has 1 aromatic rings. The van der Waals surface area contributed by atoms with Gasteiger partial charge in [0, 0.05) is 19.7 Å². The Bertz CT molecular complexity index is 404. The van der Waals surface area contributed by atoms with Crippen molar-refractivity contribution >= 4 is 5.91 Å². The second kappa shape index (κ2) is 10.2. The highest BCUT2D eigenvalue weighted by Crippen LogP contribution is 2.11. The third kappa shape index (κ3) is 8.32. The largest absolute Gasteiger partial charge is 0.484 e. The summed E-state index contributed by atoms with van der Waals surface area (Å²) in [6.07, 6.45) is 2.11.